The molecule has 1 aliphatic rings. The minimum absolute atomic E-state index is 0.0753. The Hall–Kier alpha value is -2.34. The second kappa shape index (κ2) is 7.50. The van der Waals surface area contributed by atoms with Crippen LogP contribution < -0.4 is 4.90 Å². The maximum Gasteiger partial charge on any atom is 0.225 e. The monoisotopic (exact) mass is 357 g/mol. The van der Waals surface area contributed by atoms with Gasteiger partial charge >= 0.3 is 0 Å². The van der Waals surface area contributed by atoms with Crippen molar-refractivity contribution in [1.82, 2.24) is 9.97 Å². The number of halogens is 1. The van der Waals surface area contributed by atoms with E-state index in [4.69, 9.17) is 4.98 Å². The number of benzene rings is 1. The van der Waals surface area contributed by atoms with Crippen molar-refractivity contribution in [3.05, 3.63) is 41.5 Å². The zero-order chi connectivity index (χ0) is 18.8. The first-order chi connectivity index (χ1) is 12.4. The number of aromatic nitrogens is 2. The Balaban J connectivity index is 2.00. The number of ketones is 1. The molecule has 1 N–H and O–H groups in total. The number of hydrogen-bond donors (Lipinski definition) is 1. The fraction of sp³-hybridized carbons (Fsp3) is 0.450. The summed E-state index contributed by atoms with van der Waals surface area (Å²) in [5, 5.41) is 9.68. The van der Waals surface area contributed by atoms with Gasteiger partial charge in [0.2, 0.25) is 5.95 Å². The number of piperidine rings is 1. The standard InChI is InChI=1S/C20H24FN3O2/c1-12(2)19-17(14-4-5-18(21)16(10-14)13(3)25)11-22-20(23-19)24-8-6-15(26)7-9-24/h4-5,10-12,15,26H,6-9H2,1-3H3. The van der Waals surface area contributed by atoms with Crippen LogP contribution >= 0.6 is 0 Å². The summed E-state index contributed by atoms with van der Waals surface area (Å²) >= 11 is 0. The number of nitrogens with zero attached hydrogens (tertiary/aromatic N) is 3. The fourth-order valence-corrected chi connectivity index (χ4v) is 3.23. The summed E-state index contributed by atoms with van der Waals surface area (Å²) in [5.41, 5.74) is 2.48. The molecule has 2 heterocycles. The molecule has 0 radical (unpaired) electrons. The third-order valence-electron chi connectivity index (χ3n) is 4.76. The van der Waals surface area contributed by atoms with Gasteiger partial charge in [0.05, 0.1) is 17.4 Å². The van der Waals surface area contributed by atoms with Crippen molar-refractivity contribution < 1.29 is 14.3 Å². The van der Waals surface area contributed by atoms with Crippen molar-refractivity contribution in [2.24, 2.45) is 0 Å². The fourth-order valence-electron chi connectivity index (χ4n) is 3.23. The molecule has 0 saturated carbocycles. The smallest absolute Gasteiger partial charge is 0.225 e. The molecule has 3 rings (SSSR count). The lowest BCUT2D eigenvalue weighted by molar-refractivity contribution is 0.101. The molecule has 1 aromatic heterocycles. The molecule has 26 heavy (non-hydrogen) atoms. The maximum atomic E-state index is 13.9. The van der Waals surface area contributed by atoms with Gasteiger partial charge in [-0.1, -0.05) is 19.9 Å². The van der Waals surface area contributed by atoms with Crippen molar-refractivity contribution in [2.75, 3.05) is 18.0 Å². The van der Waals surface area contributed by atoms with E-state index in [2.05, 4.69) is 9.88 Å². The van der Waals surface area contributed by atoms with Crippen LogP contribution in [0.4, 0.5) is 10.3 Å². The van der Waals surface area contributed by atoms with Crippen molar-refractivity contribution in [1.29, 1.82) is 0 Å². The van der Waals surface area contributed by atoms with E-state index in [1.54, 1.807) is 18.3 Å². The molecule has 0 aliphatic carbocycles. The Kier molecular flexibility index (Phi) is 5.32. The predicted octanol–water partition coefficient (Wildman–Crippen LogP) is 3.57. The lowest BCUT2D eigenvalue weighted by atomic mass is 9.96. The lowest BCUT2D eigenvalue weighted by Gasteiger charge is -2.30. The topological polar surface area (TPSA) is 66.3 Å². The lowest BCUT2D eigenvalue weighted by Crippen LogP contribution is -2.37. The number of carbonyl (C=O) groups is 1. The molecular formula is C20H24FN3O2. The van der Waals surface area contributed by atoms with Gasteiger partial charge in [-0.3, -0.25) is 4.79 Å². The van der Waals surface area contributed by atoms with Crippen molar-refractivity contribution >= 4 is 11.7 Å². The zero-order valence-electron chi connectivity index (χ0n) is 15.4. The predicted molar refractivity (Wildman–Crippen MR) is 99.0 cm³/mol. The molecule has 1 fully saturated rings. The molecule has 1 aromatic carbocycles. The molecule has 0 spiro atoms. The highest BCUT2D eigenvalue weighted by Gasteiger charge is 2.21. The average Bonchev–Trinajstić information content (AvgIpc) is 2.62. The first-order valence-corrected chi connectivity index (χ1v) is 8.97. The van der Waals surface area contributed by atoms with Crippen molar-refractivity contribution in [2.45, 2.75) is 45.6 Å². The van der Waals surface area contributed by atoms with Crippen LogP contribution in [0.1, 0.15) is 55.6 Å². The van der Waals surface area contributed by atoms with Crippen molar-refractivity contribution in [3.8, 4) is 11.1 Å². The zero-order valence-corrected chi connectivity index (χ0v) is 15.4. The van der Waals surface area contributed by atoms with Crippen LogP contribution in [0, 0.1) is 5.82 Å². The van der Waals surface area contributed by atoms with E-state index in [9.17, 15) is 14.3 Å². The Morgan fingerprint density at radius 3 is 2.62 bits per heavy atom. The summed E-state index contributed by atoms with van der Waals surface area (Å²) in [7, 11) is 0. The average molecular weight is 357 g/mol. The summed E-state index contributed by atoms with van der Waals surface area (Å²) in [6.07, 6.45) is 2.92. The third-order valence-corrected chi connectivity index (χ3v) is 4.76. The number of hydrogen-bond acceptors (Lipinski definition) is 5. The van der Waals surface area contributed by atoms with Gasteiger partial charge in [0.1, 0.15) is 5.82 Å². The number of aliphatic hydroxyl groups is 1. The number of rotatable bonds is 4. The number of aliphatic hydroxyl groups excluding tert-OH is 1. The Labute approximate surface area is 152 Å². The van der Waals surface area contributed by atoms with E-state index in [0.717, 1.165) is 29.9 Å². The molecule has 5 nitrogen and oxygen atoms in total. The molecule has 1 aliphatic heterocycles. The first kappa shape index (κ1) is 18.5. The van der Waals surface area contributed by atoms with E-state index in [1.165, 1.54) is 13.0 Å². The van der Waals surface area contributed by atoms with E-state index in [-0.39, 0.29) is 23.4 Å². The molecule has 1 saturated heterocycles. The van der Waals surface area contributed by atoms with Crippen LogP contribution in [0.2, 0.25) is 0 Å². The van der Waals surface area contributed by atoms with Crippen LogP contribution in [0.15, 0.2) is 24.4 Å². The van der Waals surface area contributed by atoms with Crippen molar-refractivity contribution in [3.63, 3.8) is 0 Å². The molecule has 0 amide bonds. The van der Waals surface area contributed by atoms with Gasteiger partial charge < -0.3 is 10.0 Å². The molecular weight excluding hydrogens is 333 g/mol. The molecule has 0 atom stereocenters. The number of anilines is 1. The number of carbonyl (C=O) groups excluding carboxylic acids is 1. The quantitative estimate of drug-likeness (QED) is 0.848. The van der Waals surface area contributed by atoms with Gasteiger partial charge in [-0.15, -0.1) is 0 Å². The van der Waals surface area contributed by atoms with Gasteiger partial charge in [0.25, 0.3) is 0 Å². The van der Waals surface area contributed by atoms with E-state index in [0.29, 0.717) is 18.8 Å². The highest BCUT2D eigenvalue weighted by Crippen LogP contribution is 2.30. The van der Waals surface area contributed by atoms with Gasteiger partial charge in [0.15, 0.2) is 5.78 Å². The highest BCUT2D eigenvalue weighted by molar-refractivity contribution is 5.95. The summed E-state index contributed by atoms with van der Waals surface area (Å²) in [6.45, 7) is 6.90. The minimum Gasteiger partial charge on any atom is -0.393 e. The van der Waals surface area contributed by atoms with Gasteiger partial charge in [-0.05, 0) is 43.4 Å². The van der Waals surface area contributed by atoms with Gasteiger partial charge in [-0.2, -0.15) is 0 Å². The molecule has 0 bridgehead atoms. The summed E-state index contributed by atoms with van der Waals surface area (Å²) < 4.78 is 13.9. The van der Waals surface area contributed by atoms with E-state index in [1.807, 2.05) is 13.8 Å². The Morgan fingerprint density at radius 2 is 2.00 bits per heavy atom. The van der Waals surface area contributed by atoms with Crippen LogP contribution in [-0.2, 0) is 0 Å². The molecule has 2 aromatic rings. The van der Waals surface area contributed by atoms with Crippen LogP contribution in [0.25, 0.3) is 11.1 Å². The Bertz CT molecular complexity index is 815. The third kappa shape index (κ3) is 3.75. The van der Waals surface area contributed by atoms with Crippen LogP contribution in [0.5, 0.6) is 0 Å². The second-order valence-electron chi connectivity index (χ2n) is 7.09. The highest BCUT2D eigenvalue weighted by atomic mass is 19.1. The first-order valence-electron chi connectivity index (χ1n) is 8.97. The Morgan fingerprint density at radius 1 is 1.31 bits per heavy atom. The summed E-state index contributed by atoms with van der Waals surface area (Å²) in [4.78, 5) is 23.0. The molecule has 138 valence electrons. The number of Topliss-reactive ketones (excluding diaryl/α,β-unsaturated/α-hetero) is 1. The normalized spacial score (nSPS) is 15.5. The van der Waals surface area contributed by atoms with E-state index < -0.39 is 5.82 Å². The van der Waals surface area contributed by atoms with E-state index >= 15 is 0 Å². The van der Waals surface area contributed by atoms with Crippen LogP contribution in [0.3, 0.4) is 0 Å². The second-order valence-corrected chi connectivity index (χ2v) is 7.09. The van der Waals surface area contributed by atoms with Gasteiger partial charge in [-0.25, -0.2) is 14.4 Å². The molecule has 6 heteroatoms. The minimum atomic E-state index is -0.517. The summed E-state index contributed by atoms with van der Waals surface area (Å²) in [5.74, 6) is -0.0252. The molecule has 0 unspecified atom stereocenters. The largest absolute Gasteiger partial charge is 0.393 e. The summed E-state index contributed by atoms with van der Waals surface area (Å²) in [6, 6.07) is 4.54. The van der Waals surface area contributed by atoms with Gasteiger partial charge in [0, 0.05) is 24.8 Å². The maximum absolute atomic E-state index is 13.9. The van der Waals surface area contributed by atoms with Crippen LogP contribution in [-0.4, -0.2) is 40.1 Å². The SMILES string of the molecule is CC(=O)c1cc(-c2cnc(N3CCC(O)CC3)nc2C(C)C)ccc1F.